The van der Waals surface area contributed by atoms with Crippen molar-refractivity contribution in [3.05, 3.63) is 93.7 Å². The van der Waals surface area contributed by atoms with Crippen LogP contribution in [0.2, 0.25) is 0 Å². The lowest BCUT2D eigenvalue weighted by atomic mass is 9.99. The van der Waals surface area contributed by atoms with Crippen molar-refractivity contribution in [3.63, 3.8) is 0 Å². The summed E-state index contributed by atoms with van der Waals surface area (Å²) in [5, 5.41) is 2.87. The van der Waals surface area contributed by atoms with Gasteiger partial charge in [0, 0.05) is 35.7 Å². The van der Waals surface area contributed by atoms with E-state index in [-0.39, 0.29) is 23.8 Å². The van der Waals surface area contributed by atoms with Crippen molar-refractivity contribution in [1.82, 2.24) is 14.5 Å². The first kappa shape index (κ1) is 28.5. The summed E-state index contributed by atoms with van der Waals surface area (Å²) in [6.07, 6.45) is 0.686. The van der Waals surface area contributed by atoms with Gasteiger partial charge in [0.15, 0.2) is 0 Å². The van der Waals surface area contributed by atoms with Gasteiger partial charge >= 0.3 is 0 Å². The molecule has 0 spiro atoms. The number of rotatable bonds is 10. The summed E-state index contributed by atoms with van der Waals surface area (Å²) >= 11 is 3.59. The number of aryl methyl sites for hydroxylation is 1. The maximum Gasteiger partial charge on any atom is 0.254 e. The summed E-state index contributed by atoms with van der Waals surface area (Å²) < 4.78 is 3.13. The van der Waals surface area contributed by atoms with E-state index in [9.17, 15) is 9.59 Å². The predicted octanol–water partition coefficient (Wildman–Crippen LogP) is 6.30. The second kappa shape index (κ2) is 12.6. The topological polar surface area (TPSA) is 93.3 Å². The number of hydrogen-bond acceptors (Lipinski definition) is 4. The second-order valence-electron chi connectivity index (χ2n) is 10.3. The number of fused-ring (bicyclic) bond motifs is 1. The van der Waals surface area contributed by atoms with Gasteiger partial charge in [-0.15, -0.1) is 0 Å². The second-order valence-corrected chi connectivity index (χ2v) is 11.2. The Balaban J connectivity index is 1.84. The highest BCUT2D eigenvalue weighted by Crippen LogP contribution is 2.34. The molecule has 0 saturated heterocycles. The molecule has 4 rings (SSSR count). The molecule has 1 atom stereocenters. The van der Waals surface area contributed by atoms with Crippen molar-refractivity contribution >= 4 is 44.5 Å². The highest BCUT2D eigenvalue weighted by Gasteiger charge is 2.32. The third kappa shape index (κ3) is 6.75. The molecule has 39 heavy (non-hydrogen) atoms. The molecule has 0 aliphatic heterocycles. The molecule has 1 aromatic heterocycles. The number of anilines is 1. The minimum Gasteiger partial charge on any atom is -0.330 e. The van der Waals surface area contributed by atoms with E-state index in [1.54, 1.807) is 0 Å². The molecular formula is C31H36BrN5O2. The van der Waals surface area contributed by atoms with E-state index in [1.807, 2.05) is 72.5 Å². The summed E-state index contributed by atoms with van der Waals surface area (Å²) in [5.41, 5.74) is 11.3. The average Bonchev–Trinajstić information content (AvgIpc) is 3.22. The zero-order valence-corrected chi connectivity index (χ0v) is 24.5. The standard InChI is InChI=1S/C31H36BrN5O2/c1-20(2)29(36(16-6-15-33)31(39)24-11-9-21(3)10-12-24)30-35-27-18-25(32)13-14-28(27)37(30)19-23-7-5-8-26(17-23)34-22(4)38/h5,7-14,17-18,20,29H,6,15-16,19,33H2,1-4H3,(H,34,38)/t29-/m1/s1. The molecule has 2 amide bonds. The Labute approximate surface area is 238 Å². The van der Waals surface area contributed by atoms with E-state index >= 15 is 0 Å². The number of amides is 2. The molecule has 0 fully saturated rings. The number of imidazole rings is 1. The molecule has 0 radical (unpaired) electrons. The molecular weight excluding hydrogens is 554 g/mol. The van der Waals surface area contributed by atoms with Crippen molar-refractivity contribution in [2.75, 3.05) is 18.4 Å². The lowest BCUT2D eigenvalue weighted by Crippen LogP contribution is -2.40. The molecule has 204 valence electrons. The highest BCUT2D eigenvalue weighted by atomic mass is 79.9. The van der Waals surface area contributed by atoms with Crippen molar-refractivity contribution in [3.8, 4) is 0 Å². The van der Waals surface area contributed by atoms with Crippen LogP contribution in [0.15, 0.2) is 71.2 Å². The van der Waals surface area contributed by atoms with Gasteiger partial charge < -0.3 is 20.5 Å². The van der Waals surface area contributed by atoms with Crippen LogP contribution < -0.4 is 11.1 Å². The van der Waals surface area contributed by atoms with Gasteiger partial charge in [-0.25, -0.2) is 4.98 Å². The zero-order valence-electron chi connectivity index (χ0n) is 22.9. The van der Waals surface area contributed by atoms with Crippen LogP contribution in [0.25, 0.3) is 11.0 Å². The Morgan fingerprint density at radius 1 is 1.08 bits per heavy atom. The maximum atomic E-state index is 14.0. The lowest BCUT2D eigenvalue weighted by Gasteiger charge is -2.34. The van der Waals surface area contributed by atoms with E-state index in [1.165, 1.54) is 6.92 Å². The number of halogens is 1. The normalized spacial score (nSPS) is 12.1. The van der Waals surface area contributed by atoms with E-state index in [0.717, 1.165) is 38.1 Å². The third-order valence-corrected chi connectivity index (χ3v) is 7.22. The zero-order chi connectivity index (χ0) is 28.1. The van der Waals surface area contributed by atoms with Gasteiger partial charge in [-0.1, -0.05) is 59.6 Å². The van der Waals surface area contributed by atoms with Crippen LogP contribution in [0.3, 0.4) is 0 Å². The Kier molecular flexibility index (Phi) is 9.20. The molecule has 0 aliphatic rings. The highest BCUT2D eigenvalue weighted by molar-refractivity contribution is 9.10. The van der Waals surface area contributed by atoms with Crippen LogP contribution in [-0.2, 0) is 11.3 Å². The first-order valence-electron chi connectivity index (χ1n) is 13.3. The lowest BCUT2D eigenvalue weighted by molar-refractivity contribution is -0.114. The quantitative estimate of drug-likeness (QED) is 0.227. The molecule has 1 heterocycles. The summed E-state index contributed by atoms with van der Waals surface area (Å²) in [6, 6.07) is 21.3. The number of nitrogens with one attached hydrogen (secondary N) is 1. The largest absolute Gasteiger partial charge is 0.330 e. The van der Waals surface area contributed by atoms with Crippen molar-refractivity contribution in [2.24, 2.45) is 11.7 Å². The average molecular weight is 591 g/mol. The smallest absolute Gasteiger partial charge is 0.254 e. The van der Waals surface area contributed by atoms with Crippen LogP contribution in [-0.4, -0.2) is 39.4 Å². The summed E-state index contributed by atoms with van der Waals surface area (Å²) in [7, 11) is 0. The minimum atomic E-state index is -0.282. The summed E-state index contributed by atoms with van der Waals surface area (Å²) in [4.78, 5) is 32.7. The van der Waals surface area contributed by atoms with Gasteiger partial charge in [0.25, 0.3) is 5.91 Å². The Bertz CT molecular complexity index is 1460. The summed E-state index contributed by atoms with van der Waals surface area (Å²) in [5.74, 6) is 0.757. The van der Waals surface area contributed by atoms with E-state index in [2.05, 4.69) is 45.7 Å². The van der Waals surface area contributed by atoms with Crippen LogP contribution >= 0.6 is 15.9 Å². The number of carbonyl (C=O) groups is 2. The molecule has 3 aromatic carbocycles. The number of hydrogen-bond donors (Lipinski definition) is 2. The van der Waals surface area contributed by atoms with Gasteiger partial charge in [-0.05, 0) is 73.8 Å². The van der Waals surface area contributed by atoms with Crippen LogP contribution in [0.4, 0.5) is 5.69 Å². The van der Waals surface area contributed by atoms with Crippen molar-refractivity contribution in [1.29, 1.82) is 0 Å². The summed E-state index contributed by atoms with van der Waals surface area (Å²) in [6.45, 7) is 9.31. The van der Waals surface area contributed by atoms with Crippen molar-refractivity contribution in [2.45, 2.75) is 46.7 Å². The first-order chi connectivity index (χ1) is 18.7. The molecule has 0 bridgehead atoms. The van der Waals surface area contributed by atoms with Crippen LogP contribution in [0.1, 0.15) is 60.5 Å². The van der Waals surface area contributed by atoms with Gasteiger partial charge in [0.1, 0.15) is 5.82 Å². The van der Waals surface area contributed by atoms with Gasteiger partial charge in [-0.3, -0.25) is 9.59 Å². The van der Waals surface area contributed by atoms with Crippen LogP contribution in [0, 0.1) is 12.8 Å². The monoisotopic (exact) mass is 589 g/mol. The van der Waals surface area contributed by atoms with Gasteiger partial charge in [-0.2, -0.15) is 0 Å². The maximum absolute atomic E-state index is 14.0. The number of nitrogens with two attached hydrogens (primary N) is 1. The van der Waals surface area contributed by atoms with Gasteiger partial charge in [0.05, 0.1) is 17.1 Å². The third-order valence-electron chi connectivity index (χ3n) is 6.72. The molecule has 0 aliphatic carbocycles. The van der Waals surface area contributed by atoms with Crippen LogP contribution in [0.5, 0.6) is 0 Å². The number of benzene rings is 3. The van der Waals surface area contributed by atoms with Gasteiger partial charge in [0.2, 0.25) is 5.91 Å². The van der Waals surface area contributed by atoms with E-state index < -0.39 is 0 Å². The fourth-order valence-electron chi connectivity index (χ4n) is 4.93. The Morgan fingerprint density at radius 3 is 2.49 bits per heavy atom. The molecule has 4 aromatic rings. The Hall–Kier alpha value is -3.49. The van der Waals surface area contributed by atoms with Crippen molar-refractivity contribution < 1.29 is 9.59 Å². The van der Waals surface area contributed by atoms with E-state index in [0.29, 0.717) is 31.6 Å². The molecule has 3 N–H and O–H groups in total. The number of nitrogens with zero attached hydrogens (tertiary/aromatic N) is 3. The predicted molar refractivity (Wildman–Crippen MR) is 161 cm³/mol. The SMILES string of the molecule is CC(=O)Nc1cccc(Cn2c([C@@H](C(C)C)N(CCCN)C(=O)c3ccc(C)cc3)nc3cc(Br)ccc32)c1. The molecule has 7 nitrogen and oxygen atoms in total. The first-order valence-corrected chi connectivity index (χ1v) is 14.1. The fraction of sp³-hybridized carbons (Fsp3) is 0.323. The molecule has 0 saturated carbocycles. The number of aromatic nitrogens is 2. The molecule has 0 unspecified atom stereocenters. The molecule has 8 heteroatoms. The number of carbonyl (C=O) groups excluding carboxylic acids is 2. The minimum absolute atomic E-state index is 0.0328. The van der Waals surface area contributed by atoms with E-state index in [4.69, 9.17) is 10.7 Å². The fourth-order valence-corrected chi connectivity index (χ4v) is 5.28. The Morgan fingerprint density at radius 2 is 1.82 bits per heavy atom.